The minimum absolute atomic E-state index is 0.00359. The molecule has 6 heteroatoms. The van der Waals surface area contributed by atoms with Crippen molar-refractivity contribution in [2.24, 2.45) is 0 Å². The predicted octanol–water partition coefficient (Wildman–Crippen LogP) is 4.52. The van der Waals surface area contributed by atoms with Gasteiger partial charge in [-0.25, -0.2) is 13.8 Å². The van der Waals surface area contributed by atoms with Crippen molar-refractivity contribution in [2.75, 3.05) is 5.32 Å². The molecule has 1 aromatic heterocycles. The molecule has 0 aliphatic heterocycles. The van der Waals surface area contributed by atoms with Gasteiger partial charge in [-0.15, -0.1) is 0 Å². The van der Waals surface area contributed by atoms with E-state index in [9.17, 15) is 8.78 Å². The Labute approximate surface area is 110 Å². The molecule has 0 bridgehead atoms. The lowest BCUT2D eigenvalue weighted by Crippen LogP contribution is -1.97. The number of rotatable bonds is 2. The molecule has 0 fully saturated rings. The van der Waals surface area contributed by atoms with Gasteiger partial charge in [-0.3, -0.25) is 0 Å². The molecule has 88 valence electrons. The standard InChI is InChI=1S/C11H6BrClF2N2/c12-8-2-1-7(4-9(8)14)17-11-10(15)3-6(13)5-16-11/h1-5H,(H,16,17). The Kier molecular flexibility index (Phi) is 3.59. The summed E-state index contributed by atoms with van der Waals surface area (Å²) in [6, 6.07) is 5.49. The van der Waals surface area contributed by atoms with Crippen molar-refractivity contribution in [3.05, 3.63) is 51.6 Å². The highest BCUT2D eigenvalue weighted by molar-refractivity contribution is 9.10. The summed E-state index contributed by atoms with van der Waals surface area (Å²) in [6.45, 7) is 0. The van der Waals surface area contributed by atoms with Crippen LogP contribution in [0.25, 0.3) is 0 Å². The van der Waals surface area contributed by atoms with Crippen LogP contribution in [-0.2, 0) is 0 Å². The van der Waals surface area contributed by atoms with E-state index in [0.717, 1.165) is 6.07 Å². The van der Waals surface area contributed by atoms with Gasteiger partial charge in [-0.05, 0) is 40.2 Å². The van der Waals surface area contributed by atoms with Crippen LogP contribution in [0.15, 0.2) is 34.9 Å². The molecular weight excluding hydrogens is 313 g/mol. The number of halogens is 4. The quantitative estimate of drug-likeness (QED) is 0.880. The summed E-state index contributed by atoms with van der Waals surface area (Å²) in [6.07, 6.45) is 1.31. The molecular formula is C11H6BrClF2N2. The van der Waals surface area contributed by atoms with Gasteiger partial charge in [0.1, 0.15) is 5.82 Å². The minimum atomic E-state index is -0.596. The molecule has 0 saturated carbocycles. The van der Waals surface area contributed by atoms with Crippen LogP contribution in [0, 0.1) is 11.6 Å². The Hall–Kier alpha value is -1.20. The molecule has 0 saturated heterocycles. The summed E-state index contributed by atoms with van der Waals surface area (Å²) in [5.41, 5.74) is 0.402. The van der Waals surface area contributed by atoms with Crippen LogP contribution in [-0.4, -0.2) is 4.98 Å². The van der Waals surface area contributed by atoms with Gasteiger partial charge in [0.25, 0.3) is 0 Å². The Bertz CT molecular complexity index is 563. The largest absolute Gasteiger partial charge is 0.338 e. The molecule has 2 aromatic rings. The van der Waals surface area contributed by atoms with E-state index in [1.165, 1.54) is 18.3 Å². The second-order valence-electron chi connectivity index (χ2n) is 3.24. The molecule has 0 unspecified atom stereocenters. The van der Waals surface area contributed by atoms with Gasteiger partial charge in [-0.2, -0.15) is 0 Å². The van der Waals surface area contributed by atoms with Crippen molar-refractivity contribution in [3.8, 4) is 0 Å². The maximum atomic E-state index is 13.4. The van der Waals surface area contributed by atoms with Crippen molar-refractivity contribution in [2.45, 2.75) is 0 Å². The molecule has 1 aromatic carbocycles. The van der Waals surface area contributed by atoms with Crippen molar-refractivity contribution >= 4 is 39.0 Å². The third kappa shape index (κ3) is 2.92. The van der Waals surface area contributed by atoms with Crippen LogP contribution >= 0.6 is 27.5 Å². The number of nitrogens with one attached hydrogen (secondary N) is 1. The highest BCUT2D eigenvalue weighted by atomic mass is 79.9. The summed E-state index contributed by atoms with van der Waals surface area (Å²) in [7, 11) is 0. The first-order valence-corrected chi connectivity index (χ1v) is 5.76. The number of anilines is 2. The number of aromatic nitrogens is 1. The lowest BCUT2D eigenvalue weighted by Gasteiger charge is -2.07. The first kappa shape index (κ1) is 12.3. The second-order valence-corrected chi connectivity index (χ2v) is 4.53. The maximum absolute atomic E-state index is 13.4. The van der Waals surface area contributed by atoms with Crippen molar-refractivity contribution in [1.29, 1.82) is 0 Å². The molecule has 2 rings (SSSR count). The van der Waals surface area contributed by atoms with Gasteiger partial charge >= 0.3 is 0 Å². The van der Waals surface area contributed by atoms with Gasteiger partial charge in [-0.1, -0.05) is 11.6 Å². The van der Waals surface area contributed by atoms with E-state index in [2.05, 4.69) is 26.2 Å². The molecule has 0 amide bonds. The summed E-state index contributed by atoms with van der Waals surface area (Å²) in [5.74, 6) is -1.04. The van der Waals surface area contributed by atoms with Gasteiger partial charge in [0.05, 0.1) is 9.50 Å². The smallest absolute Gasteiger partial charge is 0.167 e. The number of nitrogens with zero attached hydrogens (tertiary/aromatic N) is 1. The fourth-order valence-corrected chi connectivity index (χ4v) is 1.61. The topological polar surface area (TPSA) is 24.9 Å². The van der Waals surface area contributed by atoms with E-state index < -0.39 is 11.6 Å². The summed E-state index contributed by atoms with van der Waals surface area (Å²) in [4.78, 5) is 3.77. The van der Waals surface area contributed by atoms with Crippen molar-refractivity contribution in [3.63, 3.8) is 0 Å². The normalized spacial score (nSPS) is 10.4. The Morgan fingerprint density at radius 1 is 1.18 bits per heavy atom. The van der Waals surface area contributed by atoms with Crippen LogP contribution in [0.5, 0.6) is 0 Å². The molecule has 0 aliphatic carbocycles. The number of pyridine rings is 1. The average molecular weight is 320 g/mol. The lowest BCUT2D eigenvalue weighted by molar-refractivity contribution is 0.620. The molecule has 2 nitrogen and oxygen atoms in total. The third-order valence-corrected chi connectivity index (χ3v) is 2.84. The van der Waals surface area contributed by atoms with Crippen LogP contribution < -0.4 is 5.32 Å². The number of benzene rings is 1. The molecule has 1 heterocycles. The zero-order valence-corrected chi connectivity index (χ0v) is 10.7. The molecule has 0 atom stereocenters. The highest BCUT2D eigenvalue weighted by Gasteiger charge is 2.06. The molecule has 0 spiro atoms. The highest BCUT2D eigenvalue weighted by Crippen LogP contribution is 2.23. The first-order valence-electron chi connectivity index (χ1n) is 4.59. The van der Waals surface area contributed by atoms with E-state index in [-0.39, 0.29) is 10.8 Å². The van der Waals surface area contributed by atoms with Crippen LogP contribution in [0.2, 0.25) is 5.02 Å². The number of hydrogen-bond donors (Lipinski definition) is 1. The average Bonchev–Trinajstić information content (AvgIpc) is 2.27. The summed E-state index contributed by atoms with van der Waals surface area (Å²) < 4.78 is 27.0. The van der Waals surface area contributed by atoms with Crippen LogP contribution in [0.1, 0.15) is 0 Å². The number of hydrogen-bond acceptors (Lipinski definition) is 2. The van der Waals surface area contributed by atoms with Crippen LogP contribution in [0.3, 0.4) is 0 Å². The minimum Gasteiger partial charge on any atom is -0.338 e. The fourth-order valence-electron chi connectivity index (χ4n) is 1.22. The van der Waals surface area contributed by atoms with E-state index in [4.69, 9.17) is 11.6 Å². The SMILES string of the molecule is Fc1cc(Nc2ncc(Cl)cc2F)ccc1Br. The van der Waals surface area contributed by atoms with E-state index in [0.29, 0.717) is 10.2 Å². The maximum Gasteiger partial charge on any atom is 0.167 e. The van der Waals surface area contributed by atoms with E-state index in [1.807, 2.05) is 0 Å². The van der Waals surface area contributed by atoms with Gasteiger partial charge in [0.15, 0.2) is 11.6 Å². The third-order valence-electron chi connectivity index (χ3n) is 1.99. The van der Waals surface area contributed by atoms with Crippen LogP contribution in [0.4, 0.5) is 20.3 Å². The van der Waals surface area contributed by atoms with Crippen molar-refractivity contribution < 1.29 is 8.78 Å². The predicted molar refractivity (Wildman–Crippen MR) is 66.6 cm³/mol. The Morgan fingerprint density at radius 3 is 2.59 bits per heavy atom. The molecule has 1 N–H and O–H groups in total. The summed E-state index contributed by atoms with van der Waals surface area (Å²) >= 11 is 8.60. The Morgan fingerprint density at radius 2 is 1.94 bits per heavy atom. The molecule has 0 radical (unpaired) electrons. The van der Waals surface area contributed by atoms with E-state index >= 15 is 0 Å². The zero-order valence-electron chi connectivity index (χ0n) is 8.35. The van der Waals surface area contributed by atoms with Gasteiger partial charge in [0.2, 0.25) is 0 Å². The van der Waals surface area contributed by atoms with Gasteiger partial charge in [0, 0.05) is 11.9 Å². The second kappa shape index (κ2) is 4.98. The summed E-state index contributed by atoms with van der Waals surface area (Å²) in [5, 5.41) is 2.87. The van der Waals surface area contributed by atoms with Crippen molar-refractivity contribution in [1.82, 2.24) is 4.98 Å². The zero-order chi connectivity index (χ0) is 12.4. The lowest BCUT2D eigenvalue weighted by atomic mass is 10.3. The monoisotopic (exact) mass is 318 g/mol. The fraction of sp³-hybridized carbons (Fsp3) is 0. The molecule has 0 aliphatic rings. The van der Waals surface area contributed by atoms with Gasteiger partial charge < -0.3 is 5.32 Å². The molecule has 17 heavy (non-hydrogen) atoms. The first-order chi connectivity index (χ1) is 8.06. The van der Waals surface area contributed by atoms with E-state index in [1.54, 1.807) is 6.07 Å². The Balaban J connectivity index is 2.28.